The summed E-state index contributed by atoms with van der Waals surface area (Å²) in [4.78, 5) is 14.9. The minimum absolute atomic E-state index is 0.106. The van der Waals surface area contributed by atoms with Crippen LogP contribution in [0.2, 0.25) is 0 Å². The van der Waals surface area contributed by atoms with Crippen molar-refractivity contribution in [1.82, 2.24) is 10.2 Å². The molecule has 1 N–H and O–H groups in total. The number of piperazine rings is 1. The number of Topliss-reactive ketones (excluding diaryl/α,β-unsaturated/α-hetero) is 1. The summed E-state index contributed by atoms with van der Waals surface area (Å²) in [7, 11) is 0. The molecule has 0 radical (unpaired) electrons. The molecular formula is C21H23N3O. The van der Waals surface area contributed by atoms with Crippen LogP contribution in [0.3, 0.4) is 0 Å². The molecule has 0 amide bonds. The van der Waals surface area contributed by atoms with E-state index in [-0.39, 0.29) is 5.78 Å². The number of carbonyl (C=O) groups excluding carboxylic acids is 1. The van der Waals surface area contributed by atoms with Crippen molar-refractivity contribution < 1.29 is 4.79 Å². The second-order valence-corrected chi connectivity index (χ2v) is 6.45. The highest BCUT2D eigenvalue weighted by Gasteiger charge is 2.23. The summed E-state index contributed by atoms with van der Waals surface area (Å²) in [6.45, 7) is 3.63. The van der Waals surface area contributed by atoms with Crippen LogP contribution < -0.4 is 5.32 Å². The monoisotopic (exact) mass is 333 g/mol. The fourth-order valence-corrected chi connectivity index (χ4v) is 3.34. The first-order valence-electron chi connectivity index (χ1n) is 8.78. The summed E-state index contributed by atoms with van der Waals surface area (Å²) in [6, 6.07) is 20.0. The Labute approximate surface area is 149 Å². The van der Waals surface area contributed by atoms with Crippen molar-refractivity contribution in [2.24, 2.45) is 0 Å². The maximum absolute atomic E-state index is 12.5. The molecule has 3 rings (SSSR count). The number of hydrogen-bond donors (Lipinski definition) is 1. The lowest BCUT2D eigenvalue weighted by Crippen LogP contribution is -2.52. The maximum Gasteiger partial charge on any atom is 0.164 e. The summed E-state index contributed by atoms with van der Waals surface area (Å²) >= 11 is 0. The van der Waals surface area contributed by atoms with Crippen molar-refractivity contribution >= 4 is 5.78 Å². The largest absolute Gasteiger partial charge is 0.314 e. The van der Waals surface area contributed by atoms with E-state index in [9.17, 15) is 4.79 Å². The first-order valence-corrected chi connectivity index (χ1v) is 8.78. The van der Waals surface area contributed by atoms with E-state index in [4.69, 9.17) is 5.26 Å². The van der Waals surface area contributed by atoms with Crippen LogP contribution in [-0.4, -0.2) is 42.9 Å². The molecule has 0 aliphatic carbocycles. The van der Waals surface area contributed by atoms with E-state index in [1.54, 1.807) is 24.3 Å². The molecule has 0 saturated carbocycles. The van der Waals surface area contributed by atoms with Gasteiger partial charge in [0.25, 0.3) is 0 Å². The van der Waals surface area contributed by atoms with Gasteiger partial charge in [0.15, 0.2) is 5.78 Å². The summed E-state index contributed by atoms with van der Waals surface area (Å²) in [5.74, 6) is 0.106. The van der Waals surface area contributed by atoms with E-state index < -0.39 is 0 Å². The van der Waals surface area contributed by atoms with Gasteiger partial charge >= 0.3 is 0 Å². The third-order valence-corrected chi connectivity index (χ3v) is 4.73. The Kier molecular flexibility index (Phi) is 5.95. The molecule has 1 aliphatic heterocycles. The maximum atomic E-state index is 12.5. The molecule has 1 heterocycles. The first-order chi connectivity index (χ1) is 12.3. The van der Waals surface area contributed by atoms with Gasteiger partial charge in [0.1, 0.15) is 0 Å². The molecule has 25 heavy (non-hydrogen) atoms. The van der Waals surface area contributed by atoms with Crippen LogP contribution in [0.25, 0.3) is 0 Å². The average molecular weight is 333 g/mol. The molecule has 2 aromatic carbocycles. The lowest BCUT2D eigenvalue weighted by Gasteiger charge is -2.36. The van der Waals surface area contributed by atoms with Gasteiger partial charge in [-0.05, 0) is 24.1 Å². The zero-order chi connectivity index (χ0) is 17.5. The molecule has 0 bridgehead atoms. The predicted molar refractivity (Wildman–Crippen MR) is 98.5 cm³/mol. The third-order valence-electron chi connectivity index (χ3n) is 4.73. The van der Waals surface area contributed by atoms with Gasteiger partial charge in [-0.15, -0.1) is 0 Å². The smallest absolute Gasteiger partial charge is 0.164 e. The number of hydrogen-bond acceptors (Lipinski definition) is 4. The highest BCUT2D eigenvalue weighted by atomic mass is 16.1. The Morgan fingerprint density at radius 2 is 2.04 bits per heavy atom. The predicted octanol–water partition coefficient (Wildman–Crippen LogP) is 2.65. The van der Waals surface area contributed by atoms with Crippen LogP contribution in [0.4, 0.5) is 0 Å². The van der Waals surface area contributed by atoms with Gasteiger partial charge in [-0.2, -0.15) is 5.26 Å². The Morgan fingerprint density at radius 3 is 2.84 bits per heavy atom. The first kappa shape index (κ1) is 17.3. The Hall–Kier alpha value is -2.48. The average Bonchev–Trinajstić information content (AvgIpc) is 2.68. The molecule has 1 saturated heterocycles. The van der Waals surface area contributed by atoms with E-state index in [1.165, 1.54) is 5.56 Å². The number of nitriles is 1. The van der Waals surface area contributed by atoms with Gasteiger partial charge < -0.3 is 5.32 Å². The van der Waals surface area contributed by atoms with Crippen molar-refractivity contribution in [2.75, 3.05) is 26.2 Å². The molecule has 4 heteroatoms. The van der Waals surface area contributed by atoms with Crippen LogP contribution in [0, 0.1) is 11.3 Å². The zero-order valence-corrected chi connectivity index (χ0v) is 14.3. The van der Waals surface area contributed by atoms with Crippen molar-refractivity contribution in [3.05, 3.63) is 71.3 Å². The molecule has 2 aromatic rings. The second-order valence-electron chi connectivity index (χ2n) is 6.45. The number of nitrogens with zero attached hydrogens (tertiary/aromatic N) is 2. The zero-order valence-electron chi connectivity index (χ0n) is 14.3. The second kappa shape index (κ2) is 8.57. The van der Waals surface area contributed by atoms with Gasteiger partial charge in [-0.1, -0.05) is 42.5 Å². The van der Waals surface area contributed by atoms with Crippen LogP contribution in [0.5, 0.6) is 0 Å². The third kappa shape index (κ3) is 4.76. The molecule has 1 fully saturated rings. The summed E-state index contributed by atoms with van der Waals surface area (Å²) < 4.78 is 0. The van der Waals surface area contributed by atoms with E-state index >= 15 is 0 Å². The molecular weight excluding hydrogens is 310 g/mol. The minimum atomic E-state index is 0.106. The fourth-order valence-electron chi connectivity index (χ4n) is 3.34. The Balaban J connectivity index is 1.60. The van der Waals surface area contributed by atoms with Gasteiger partial charge in [0.2, 0.25) is 0 Å². The molecule has 4 nitrogen and oxygen atoms in total. The summed E-state index contributed by atoms with van der Waals surface area (Å²) in [5, 5.41) is 12.4. The van der Waals surface area contributed by atoms with Gasteiger partial charge in [0, 0.05) is 44.2 Å². The normalized spacial score (nSPS) is 17.8. The number of ketones is 1. The van der Waals surface area contributed by atoms with Crippen LogP contribution in [-0.2, 0) is 6.42 Å². The summed E-state index contributed by atoms with van der Waals surface area (Å²) in [5.41, 5.74) is 2.50. The molecule has 1 unspecified atom stereocenters. The number of benzene rings is 2. The number of nitrogens with one attached hydrogen (secondary N) is 1. The van der Waals surface area contributed by atoms with Crippen LogP contribution >= 0.6 is 0 Å². The molecule has 0 aromatic heterocycles. The Bertz CT molecular complexity index is 751. The Morgan fingerprint density at radius 1 is 1.20 bits per heavy atom. The molecule has 1 atom stereocenters. The molecule has 1 aliphatic rings. The van der Waals surface area contributed by atoms with E-state index in [0.717, 1.165) is 32.6 Å². The van der Waals surface area contributed by atoms with Crippen LogP contribution in [0.15, 0.2) is 54.6 Å². The van der Waals surface area contributed by atoms with Crippen molar-refractivity contribution in [1.29, 1.82) is 5.26 Å². The highest BCUT2D eigenvalue weighted by molar-refractivity contribution is 5.96. The fraction of sp³-hybridized carbons (Fsp3) is 0.333. The van der Waals surface area contributed by atoms with Crippen LogP contribution in [0.1, 0.15) is 27.9 Å². The van der Waals surface area contributed by atoms with E-state index in [1.807, 2.05) is 6.07 Å². The summed E-state index contributed by atoms with van der Waals surface area (Å²) in [6.07, 6.45) is 1.48. The lowest BCUT2D eigenvalue weighted by molar-refractivity contribution is 0.0935. The van der Waals surface area contributed by atoms with Gasteiger partial charge in [-0.3, -0.25) is 9.69 Å². The van der Waals surface area contributed by atoms with Crippen molar-refractivity contribution in [3.63, 3.8) is 0 Å². The molecule has 128 valence electrons. The lowest BCUT2D eigenvalue weighted by atomic mass is 10.0. The van der Waals surface area contributed by atoms with Crippen molar-refractivity contribution in [2.45, 2.75) is 18.9 Å². The number of carbonyl (C=O) groups is 1. The number of rotatable bonds is 6. The van der Waals surface area contributed by atoms with E-state index in [0.29, 0.717) is 23.6 Å². The van der Waals surface area contributed by atoms with Gasteiger partial charge in [-0.25, -0.2) is 0 Å². The van der Waals surface area contributed by atoms with Gasteiger partial charge in [0.05, 0.1) is 11.6 Å². The van der Waals surface area contributed by atoms with Crippen molar-refractivity contribution in [3.8, 4) is 6.07 Å². The quantitative estimate of drug-likeness (QED) is 0.826. The minimum Gasteiger partial charge on any atom is -0.314 e. The standard InChI is InChI=1S/C21H23N3O/c22-15-18-7-4-8-19(13-18)21(25)9-11-24-12-10-23-16-20(24)14-17-5-2-1-3-6-17/h1-8,13,20,23H,9-12,14,16H2. The highest BCUT2D eigenvalue weighted by Crippen LogP contribution is 2.13. The SMILES string of the molecule is N#Cc1cccc(C(=O)CCN2CCNCC2Cc2ccccc2)c1. The molecule has 0 spiro atoms. The van der Waals surface area contributed by atoms with E-state index in [2.05, 4.69) is 40.6 Å². The topological polar surface area (TPSA) is 56.1 Å².